The van der Waals surface area contributed by atoms with Crippen molar-refractivity contribution in [1.82, 2.24) is 5.32 Å². The van der Waals surface area contributed by atoms with Gasteiger partial charge in [-0.2, -0.15) is 0 Å². The lowest BCUT2D eigenvalue weighted by molar-refractivity contribution is 0.0845. The van der Waals surface area contributed by atoms with E-state index in [0.717, 1.165) is 42.9 Å². The lowest BCUT2D eigenvalue weighted by Gasteiger charge is -2.15. The number of aliphatic hydroxyl groups excluding tert-OH is 2. The van der Waals surface area contributed by atoms with Crippen molar-refractivity contribution in [1.29, 1.82) is 0 Å². The smallest absolute Gasteiger partial charge is 0.258 e. The van der Waals surface area contributed by atoms with Crippen molar-refractivity contribution in [2.24, 2.45) is 0 Å². The van der Waals surface area contributed by atoms with E-state index >= 15 is 0 Å². The van der Waals surface area contributed by atoms with Crippen molar-refractivity contribution in [2.45, 2.75) is 44.3 Å². The Kier molecular flexibility index (Phi) is 4.92. The van der Waals surface area contributed by atoms with E-state index in [0.29, 0.717) is 11.1 Å². The quantitative estimate of drug-likeness (QED) is 0.512. The summed E-state index contributed by atoms with van der Waals surface area (Å²) in [5.41, 5.74) is 1.14. The van der Waals surface area contributed by atoms with Crippen LogP contribution < -0.4 is 5.32 Å². The normalized spacial score (nSPS) is 23.1. The molecule has 0 aromatic heterocycles. The van der Waals surface area contributed by atoms with E-state index in [9.17, 15) is 9.59 Å². The molecule has 0 bridgehead atoms. The van der Waals surface area contributed by atoms with Crippen molar-refractivity contribution >= 4 is 22.6 Å². The molecule has 2 aliphatic rings. The van der Waals surface area contributed by atoms with Crippen molar-refractivity contribution in [3.05, 3.63) is 47.5 Å². The highest BCUT2D eigenvalue weighted by atomic mass is 16.3. The third-order valence-electron chi connectivity index (χ3n) is 4.53. The summed E-state index contributed by atoms with van der Waals surface area (Å²) in [5, 5.41) is 22.2. The SMILES string of the molecule is O=C1NC(=O)c2cccc3cccc1c23.O[C@H]1CCC[C@H](O)CC1. The number of carbonyl (C=O) groups excluding carboxylic acids is 2. The Bertz CT molecular complexity index is 712. The first kappa shape index (κ1) is 16.6. The number of imide groups is 1. The first-order chi connectivity index (χ1) is 11.6. The van der Waals surface area contributed by atoms with Gasteiger partial charge in [0.05, 0.1) is 12.2 Å². The number of aliphatic hydroxyl groups is 2. The topological polar surface area (TPSA) is 86.6 Å². The fourth-order valence-electron chi connectivity index (χ4n) is 3.22. The van der Waals surface area contributed by atoms with Crippen LogP contribution in [0.4, 0.5) is 0 Å². The lowest BCUT2D eigenvalue weighted by atomic mass is 9.95. The first-order valence-corrected chi connectivity index (χ1v) is 8.30. The van der Waals surface area contributed by atoms with Crippen molar-refractivity contribution in [2.75, 3.05) is 0 Å². The molecule has 1 saturated carbocycles. The molecular weight excluding hydrogens is 306 g/mol. The Labute approximate surface area is 140 Å². The maximum atomic E-state index is 11.6. The van der Waals surface area contributed by atoms with Crippen LogP contribution in [0.5, 0.6) is 0 Å². The van der Waals surface area contributed by atoms with E-state index < -0.39 is 0 Å². The monoisotopic (exact) mass is 327 g/mol. The molecule has 1 fully saturated rings. The summed E-state index contributed by atoms with van der Waals surface area (Å²) in [7, 11) is 0. The van der Waals surface area contributed by atoms with E-state index in [4.69, 9.17) is 10.2 Å². The number of benzene rings is 2. The summed E-state index contributed by atoms with van der Waals surface area (Å²) < 4.78 is 0. The summed E-state index contributed by atoms with van der Waals surface area (Å²) in [6.07, 6.45) is 3.97. The molecule has 4 rings (SSSR count). The second-order valence-corrected chi connectivity index (χ2v) is 6.31. The van der Waals surface area contributed by atoms with Crippen LogP contribution in [0.15, 0.2) is 36.4 Å². The molecule has 24 heavy (non-hydrogen) atoms. The molecule has 1 heterocycles. The number of nitrogens with one attached hydrogen (secondary N) is 1. The third-order valence-corrected chi connectivity index (χ3v) is 4.53. The van der Waals surface area contributed by atoms with Crippen LogP contribution in [0, 0.1) is 0 Å². The zero-order chi connectivity index (χ0) is 17.1. The highest BCUT2D eigenvalue weighted by Gasteiger charge is 2.23. The Balaban J connectivity index is 0.000000162. The van der Waals surface area contributed by atoms with Gasteiger partial charge in [0.2, 0.25) is 0 Å². The van der Waals surface area contributed by atoms with Gasteiger partial charge in [0, 0.05) is 16.5 Å². The van der Waals surface area contributed by atoms with Gasteiger partial charge in [-0.3, -0.25) is 14.9 Å². The second kappa shape index (κ2) is 7.11. The Morgan fingerprint density at radius 2 is 1.29 bits per heavy atom. The summed E-state index contributed by atoms with van der Waals surface area (Å²) >= 11 is 0. The van der Waals surface area contributed by atoms with E-state index in [-0.39, 0.29) is 24.0 Å². The predicted molar refractivity (Wildman–Crippen MR) is 90.8 cm³/mol. The van der Waals surface area contributed by atoms with E-state index in [1.807, 2.05) is 24.3 Å². The molecule has 5 nitrogen and oxygen atoms in total. The lowest BCUT2D eigenvalue weighted by Crippen LogP contribution is -2.34. The number of amides is 2. The van der Waals surface area contributed by atoms with Crippen molar-refractivity contribution < 1.29 is 19.8 Å². The minimum Gasteiger partial charge on any atom is -0.393 e. The molecule has 2 atom stereocenters. The highest BCUT2D eigenvalue weighted by Crippen LogP contribution is 2.25. The van der Waals surface area contributed by atoms with Gasteiger partial charge >= 0.3 is 0 Å². The average Bonchev–Trinajstić information content (AvgIpc) is 2.77. The van der Waals surface area contributed by atoms with Gasteiger partial charge in [0.1, 0.15) is 0 Å². The van der Waals surface area contributed by atoms with Crippen LogP contribution in [0.2, 0.25) is 0 Å². The molecule has 0 saturated heterocycles. The minimum absolute atomic E-state index is 0.151. The fourth-order valence-corrected chi connectivity index (χ4v) is 3.22. The molecule has 1 aliphatic heterocycles. The molecule has 126 valence electrons. The molecule has 2 aromatic carbocycles. The van der Waals surface area contributed by atoms with Gasteiger partial charge < -0.3 is 10.2 Å². The molecule has 0 spiro atoms. The Morgan fingerprint density at radius 3 is 1.79 bits per heavy atom. The summed E-state index contributed by atoms with van der Waals surface area (Å²) in [4.78, 5) is 23.1. The molecule has 1 aliphatic carbocycles. The first-order valence-electron chi connectivity index (χ1n) is 8.30. The summed E-state index contributed by atoms with van der Waals surface area (Å²) in [5.74, 6) is -0.631. The maximum Gasteiger partial charge on any atom is 0.258 e. The van der Waals surface area contributed by atoms with Crippen LogP contribution in [-0.4, -0.2) is 34.2 Å². The largest absolute Gasteiger partial charge is 0.393 e. The van der Waals surface area contributed by atoms with Crippen LogP contribution in [0.3, 0.4) is 0 Å². The van der Waals surface area contributed by atoms with E-state index in [2.05, 4.69) is 5.32 Å². The minimum atomic E-state index is -0.315. The van der Waals surface area contributed by atoms with Crippen LogP contribution >= 0.6 is 0 Å². The van der Waals surface area contributed by atoms with Crippen molar-refractivity contribution in [3.63, 3.8) is 0 Å². The van der Waals surface area contributed by atoms with Crippen LogP contribution in [0.1, 0.15) is 52.8 Å². The van der Waals surface area contributed by atoms with Gasteiger partial charge in [0.15, 0.2) is 0 Å². The summed E-state index contributed by atoms with van der Waals surface area (Å²) in [6.45, 7) is 0. The van der Waals surface area contributed by atoms with Gasteiger partial charge in [-0.15, -0.1) is 0 Å². The third kappa shape index (κ3) is 3.47. The van der Waals surface area contributed by atoms with Crippen LogP contribution in [-0.2, 0) is 0 Å². The Hall–Kier alpha value is -2.24. The molecule has 2 amide bonds. The van der Waals surface area contributed by atoms with Crippen molar-refractivity contribution in [3.8, 4) is 0 Å². The summed E-state index contributed by atoms with van der Waals surface area (Å²) in [6, 6.07) is 10.9. The molecule has 0 radical (unpaired) electrons. The van der Waals surface area contributed by atoms with Gasteiger partial charge in [0.25, 0.3) is 11.8 Å². The van der Waals surface area contributed by atoms with E-state index in [1.54, 1.807) is 12.1 Å². The average molecular weight is 327 g/mol. The van der Waals surface area contributed by atoms with Crippen LogP contribution in [0.25, 0.3) is 10.8 Å². The molecular formula is C19H21NO4. The van der Waals surface area contributed by atoms with Gasteiger partial charge in [-0.25, -0.2) is 0 Å². The zero-order valence-electron chi connectivity index (χ0n) is 13.4. The maximum absolute atomic E-state index is 11.6. The Morgan fingerprint density at radius 1 is 0.792 bits per heavy atom. The predicted octanol–water partition coefficient (Wildman–Crippen LogP) is 2.40. The fraction of sp³-hybridized carbons (Fsp3) is 0.368. The molecule has 3 N–H and O–H groups in total. The number of carbonyl (C=O) groups is 2. The standard InChI is InChI=1S/C12H7NO2.C7H14O2/c14-11-8-5-1-3-7-4-2-6-9(10(7)8)12(15)13-11;8-6-2-1-3-7(9)5-4-6/h1-6H,(H,13,14,15);6-9H,1-5H2/t;6-,7-/m.0/s1. The second-order valence-electron chi connectivity index (χ2n) is 6.31. The number of hydrogen-bond acceptors (Lipinski definition) is 4. The molecule has 2 aromatic rings. The number of hydrogen-bond donors (Lipinski definition) is 3. The molecule has 0 unspecified atom stereocenters. The van der Waals surface area contributed by atoms with Gasteiger partial charge in [-0.1, -0.05) is 24.3 Å². The van der Waals surface area contributed by atoms with Gasteiger partial charge in [-0.05, 0) is 49.6 Å². The molecule has 5 heteroatoms. The number of rotatable bonds is 0. The van der Waals surface area contributed by atoms with E-state index in [1.165, 1.54) is 0 Å². The highest BCUT2D eigenvalue weighted by molar-refractivity contribution is 6.25. The zero-order valence-corrected chi connectivity index (χ0v) is 13.4.